The van der Waals surface area contributed by atoms with Crippen LogP contribution in [0.25, 0.3) is 0 Å². The molecule has 0 unspecified atom stereocenters. The summed E-state index contributed by atoms with van der Waals surface area (Å²) < 4.78 is 25.1. The van der Waals surface area contributed by atoms with Crippen molar-refractivity contribution in [3.63, 3.8) is 0 Å². The van der Waals surface area contributed by atoms with Gasteiger partial charge < -0.3 is 10.6 Å². The Hall–Kier alpha value is -1.50. The van der Waals surface area contributed by atoms with Gasteiger partial charge in [-0.15, -0.1) is 0 Å². The van der Waals surface area contributed by atoms with Crippen LogP contribution in [0, 0.1) is 0 Å². The van der Waals surface area contributed by atoms with Crippen molar-refractivity contribution in [1.82, 2.24) is 10.6 Å². The highest BCUT2D eigenvalue weighted by Gasteiger charge is 2.16. The van der Waals surface area contributed by atoms with Crippen molar-refractivity contribution < 1.29 is 18.4 Å². The molecule has 1 aromatic carbocycles. The molecule has 0 aliphatic heterocycles. The summed E-state index contributed by atoms with van der Waals surface area (Å²) in [5, 5.41) is 4.48. The van der Waals surface area contributed by atoms with Crippen molar-refractivity contribution in [2.45, 2.75) is 6.17 Å². The quantitative estimate of drug-likeness (QED) is 0.810. The zero-order chi connectivity index (χ0) is 13.5. The SMILES string of the molecule is O=C(CF)NC(NC(=O)CF)c1ccc(Br)cc1. The summed E-state index contributed by atoms with van der Waals surface area (Å²) in [4.78, 5) is 22.0. The third-order valence-corrected chi connectivity index (χ3v) is 2.59. The fourth-order valence-corrected chi connectivity index (χ4v) is 1.52. The van der Waals surface area contributed by atoms with Gasteiger partial charge in [-0.25, -0.2) is 8.78 Å². The Labute approximate surface area is 111 Å². The van der Waals surface area contributed by atoms with Gasteiger partial charge >= 0.3 is 0 Å². The average molecular weight is 321 g/mol. The Balaban J connectivity index is 2.85. The second kappa shape index (κ2) is 7.05. The van der Waals surface area contributed by atoms with E-state index in [0.717, 1.165) is 4.47 Å². The van der Waals surface area contributed by atoms with Gasteiger partial charge in [0, 0.05) is 4.47 Å². The van der Waals surface area contributed by atoms with Crippen molar-refractivity contribution in [1.29, 1.82) is 0 Å². The highest BCUT2D eigenvalue weighted by molar-refractivity contribution is 9.10. The molecule has 0 atom stereocenters. The lowest BCUT2D eigenvalue weighted by atomic mass is 10.1. The highest BCUT2D eigenvalue weighted by Crippen LogP contribution is 2.15. The molecule has 98 valence electrons. The van der Waals surface area contributed by atoms with Gasteiger partial charge in [-0.1, -0.05) is 28.1 Å². The number of amides is 2. The van der Waals surface area contributed by atoms with Gasteiger partial charge in [-0.05, 0) is 17.7 Å². The van der Waals surface area contributed by atoms with E-state index in [1.165, 1.54) is 0 Å². The van der Waals surface area contributed by atoms with Gasteiger partial charge in [-0.2, -0.15) is 0 Å². The summed E-state index contributed by atoms with van der Waals surface area (Å²) in [6.07, 6.45) is -0.954. The minimum atomic E-state index is -1.21. The first kappa shape index (κ1) is 14.6. The van der Waals surface area contributed by atoms with Crippen molar-refractivity contribution in [2.24, 2.45) is 0 Å². The molecule has 0 aliphatic rings. The summed E-state index contributed by atoms with van der Waals surface area (Å²) in [6, 6.07) is 6.61. The largest absolute Gasteiger partial charge is 0.330 e. The van der Waals surface area contributed by atoms with Crippen LogP contribution in [0.2, 0.25) is 0 Å². The summed E-state index contributed by atoms with van der Waals surface area (Å²) in [7, 11) is 0. The topological polar surface area (TPSA) is 58.2 Å². The predicted octanol–water partition coefficient (Wildman–Crippen LogP) is 1.62. The molecule has 0 heterocycles. The molecule has 1 rings (SSSR count). The molecule has 0 spiro atoms. The average Bonchev–Trinajstić information content (AvgIpc) is 2.38. The number of hydrogen-bond acceptors (Lipinski definition) is 2. The lowest BCUT2D eigenvalue weighted by molar-refractivity contribution is -0.125. The molecular weight excluding hydrogens is 310 g/mol. The second-order valence-electron chi connectivity index (χ2n) is 3.39. The monoisotopic (exact) mass is 320 g/mol. The van der Waals surface area contributed by atoms with E-state index in [9.17, 15) is 18.4 Å². The number of rotatable bonds is 5. The zero-order valence-corrected chi connectivity index (χ0v) is 10.8. The maximum absolute atomic E-state index is 12.1. The summed E-state index contributed by atoms with van der Waals surface area (Å²) >= 11 is 3.23. The third-order valence-electron chi connectivity index (χ3n) is 2.06. The predicted molar refractivity (Wildman–Crippen MR) is 65.1 cm³/mol. The fourth-order valence-electron chi connectivity index (χ4n) is 1.26. The Morgan fingerprint density at radius 2 is 1.50 bits per heavy atom. The van der Waals surface area contributed by atoms with Crippen LogP contribution in [0.1, 0.15) is 11.7 Å². The van der Waals surface area contributed by atoms with Crippen molar-refractivity contribution >= 4 is 27.7 Å². The molecule has 0 bridgehead atoms. The number of benzene rings is 1. The van der Waals surface area contributed by atoms with E-state index in [4.69, 9.17) is 0 Å². The van der Waals surface area contributed by atoms with E-state index in [1.807, 2.05) is 0 Å². The van der Waals surface area contributed by atoms with Gasteiger partial charge in [0.2, 0.25) is 0 Å². The van der Waals surface area contributed by atoms with Crippen LogP contribution in [-0.2, 0) is 9.59 Å². The van der Waals surface area contributed by atoms with E-state index in [-0.39, 0.29) is 0 Å². The molecule has 18 heavy (non-hydrogen) atoms. The van der Waals surface area contributed by atoms with Gasteiger partial charge in [0.25, 0.3) is 11.8 Å². The lowest BCUT2D eigenvalue weighted by Gasteiger charge is -2.19. The first-order valence-corrected chi connectivity index (χ1v) is 5.82. The summed E-state index contributed by atoms with van der Waals surface area (Å²) in [5.41, 5.74) is 0.516. The molecule has 2 N–H and O–H groups in total. The van der Waals surface area contributed by atoms with Crippen LogP contribution in [0.15, 0.2) is 28.7 Å². The maximum Gasteiger partial charge on any atom is 0.253 e. The molecule has 1 aromatic rings. The van der Waals surface area contributed by atoms with Crippen molar-refractivity contribution in [3.05, 3.63) is 34.3 Å². The summed E-state index contributed by atoms with van der Waals surface area (Å²) in [5.74, 6) is -1.77. The second-order valence-corrected chi connectivity index (χ2v) is 4.30. The third kappa shape index (κ3) is 4.40. The molecule has 4 nitrogen and oxygen atoms in total. The van der Waals surface area contributed by atoms with Crippen LogP contribution in [0.5, 0.6) is 0 Å². The number of carbonyl (C=O) groups excluding carboxylic acids is 2. The summed E-state index contributed by atoms with van der Waals surface area (Å²) in [6.45, 7) is -2.42. The molecule has 7 heteroatoms. The highest BCUT2D eigenvalue weighted by atomic mass is 79.9. The maximum atomic E-state index is 12.1. The standard InChI is InChI=1S/C11H11BrF2N2O2/c12-8-3-1-7(2-4-8)11(15-9(17)5-13)16-10(18)6-14/h1-4,11H,5-6H2,(H,15,17)(H,16,18). The molecule has 2 amide bonds. The molecule has 0 fully saturated rings. The molecule has 0 radical (unpaired) electrons. The van der Waals surface area contributed by atoms with E-state index in [2.05, 4.69) is 26.6 Å². The molecule has 0 saturated carbocycles. The Morgan fingerprint density at radius 3 is 1.89 bits per heavy atom. The first-order valence-electron chi connectivity index (χ1n) is 5.03. The smallest absolute Gasteiger partial charge is 0.253 e. The molecule has 0 saturated heterocycles. The molecule has 0 aliphatic carbocycles. The van der Waals surface area contributed by atoms with Gasteiger partial charge in [-0.3, -0.25) is 9.59 Å². The van der Waals surface area contributed by atoms with Gasteiger partial charge in [0.15, 0.2) is 13.3 Å². The van der Waals surface area contributed by atoms with Crippen LogP contribution < -0.4 is 10.6 Å². The van der Waals surface area contributed by atoms with Gasteiger partial charge in [0.1, 0.15) is 6.17 Å². The van der Waals surface area contributed by atoms with Crippen LogP contribution in [-0.4, -0.2) is 25.2 Å². The van der Waals surface area contributed by atoms with Crippen molar-refractivity contribution in [3.8, 4) is 0 Å². The zero-order valence-electron chi connectivity index (χ0n) is 9.25. The minimum Gasteiger partial charge on any atom is -0.330 e. The first-order chi connectivity index (χ1) is 8.56. The van der Waals surface area contributed by atoms with Gasteiger partial charge in [0.05, 0.1) is 0 Å². The van der Waals surface area contributed by atoms with E-state index < -0.39 is 31.3 Å². The minimum absolute atomic E-state index is 0.516. The van der Waals surface area contributed by atoms with Crippen molar-refractivity contribution in [2.75, 3.05) is 13.3 Å². The Morgan fingerprint density at radius 1 is 1.06 bits per heavy atom. The van der Waals surface area contributed by atoms with Crippen LogP contribution in [0.4, 0.5) is 8.78 Å². The number of alkyl halides is 2. The van der Waals surface area contributed by atoms with E-state index in [1.54, 1.807) is 24.3 Å². The van der Waals surface area contributed by atoms with Crippen LogP contribution in [0.3, 0.4) is 0 Å². The van der Waals surface area contributed by atoms with Crippen LogP contribution >= 0.6 is 15.9 Å². The van der Waals surface area contributed by atoms with E-state index >= 15 is 0 Å². The number of carbonyl (C=O) groups is 2. The Bertz CT molecular complexity index is 408. The molecular formula is C11H11BrF2N2O2. The normalized spacial score (nSPS) is 10.2. The fraction of sp³-hybridized carbons (Fsp3) is 0.273. The van der Waals surface area contributed by atoms with E-state index in [0.29, 0.717) is 5.56 Å². The number of nitrogens with one attached hydrogen (secondary N) is 2. The lowest BCUT2D eigenvalue weighted by Crippen LogP contribution is -2.42. The number of halogens is 3. The Kier molecular flexibility index (Phi) is 5.70. The number of hydrogen-bond donors (Lipinski definition) is 2. The molecule has 0 aromatic heterocycles.